The molecule has 0 fully saturated rings. The van der Waals surface area contributed by atoms with Gasteiger partial charge in [0.25, 0.3) is 0 Å². The quantitative estimate of drug-likeness (QED) is 0.910. The molecule has 0 bridgehead atoms. The van der Waals surface area contributed by atoms with E-state index in [1.807, 2.05) is 53.8 Å². The summed E-state index contributed by atoms with van der Waals surface area (Å²) in [5, 5.41) is 10.9. The van der Waals surface area contributed by atoms with E-state index in [9.17, 15) is 9.59 Å². The minimum atomic E-state index is -2.12. The van der Waals surface area contributed by atoms with Gasteiger partial charge in [-0.05, 0) is 29.2 Å². The molecule has 0 saturated carbocycles. The van der Waals surface area contributed by atoms with Gasteiger partial charge in [-0.3, -0.25) is 4.79 Å². The van der Waals surface area contributed by atoms with E-state index in [0.717, 1.165) is 29.2 Å². The van der Waals surface area contributed by atoms with E-state index in [1.165, 1.54) is 0 Å². The van der Waals surface area contributed by atoms with Crippen LogP contribution < -0.4 is 5.32 Å². The number of benzene rings is 2. The number of ether oxygens (including phenoxy) is 1. The van der Waals surface area contributed by atoms with Gasteiger partial charge in [-0.25, -0.2) is 4.79 Å². The Bertz CT molecular complexity index is 758. The Labute approximate surface area is 135 Å². The van der Waals surface area contributed by atoms with E-state index in [0.29, 0.717) is 0 Å². The van der Waals surface area contributed by atoms with Crippen LogP contribution in [0.5, 0.6) is 0 Å². The van der Waals surface area contributed by atoms with Gasteiger partial charge in [-0.15, -0.1) is 0 Å². The molecule has 5 heteroatoms. The molecule has 118 valence electrons. The first-order chi connectivity index (χ1) is 11.4. The summed E-state index contributed by atoms with van der Waals surface area (Å²) < 4.78 is 12.7. The minimum absolute atomic E-state index is 0.0789. The number of carboxylic acid groups (broad SMARTS) is 1. The first-order valence-electron chi connectivity index (χ1n) is 7.76. The lowest BCUT2D eigenvalue weighted by molar-refractivity contribution is -0.138. The molecule has 1 aliphatic carbocycles. The minimum Gasteiger partial charge on any atom is -0.480 e. The molecule has 1 atom stereocenters. The average Bonchev–Trinajstić information content (AvgIpc) is 2.86. The zero-order valence-electron chi connectivity index (χ0n) is 13.6. The van der Waals surface area contributed by atoms with Gasteiger partial charge >= 0.3 is 12.1 Å². The lowest BCUT2D eigenvalue weighted by Crippen LogP contribution is -2.39. The number of rotatable bonds is 4. The molecule has 0 spiro atoms. The number of alkyl carbamates (subject to hydrolysis) is 1. The molecule has 1 aliphatic rings. The van der Waals surface area contributed by atoms with Crippen molar-refractivity contribution in [3.63, 3.8) is 0 Å². The lowest BCUT2D eigenvalue weighted by Gasteiger charge is -2.15. The van der Waals surface area contributed by atoms with Crippen LogP contribution >= 0.6 is 0 Å². The number of carboxylic acids is 1. The summed E-state index contributed by atoms with van der Waals surface area (Å²) in [6.45, 7) is 1.16. The van der Waals surface area contributed by atoms with Crippen LogP contribution in [0.3, 0.4) is 0 Å². The van der Waals surface area contributed by atoms with E-state index in [1.54, 1.807) is 0 Å². The summed E-state index contributed by atoms with van der Waals surface area (Å²) in [6, 6.07) is 13.7. The van der Waals surface area contributed by atoms with Crippen molar-refractivity contribution in [2.24, 2.45) is 0 Å². The number of hydrogen-bond donors (Lipinski definition) is 2. The van der Waals surface area contributed by atoms with Crippen molar-refractivity contribution in [2.45, 2.75) is 18.9 Å². The maximum atomic E-state index is 11.8. The molecule has 2 aromatic rings. The van der Waals surface area contributed by atoms with Gasteiger partial charge in [0.1, 0.15) is 12.6 Å². The summed E-state index contributed by atoms with van der Waals surface area (Å²) in [5.74, 6) is -1.55. The highest BCUT2D eigenvalue weighted by molar-refractivity contribution is 5.80. The molecule has 0 saturated heterocycles. The molecule has 0 heterocycles. The highest BCUT2D eigenvalue weighted by Gasteiger charge is 2.29. The fraction of sp³-hybridized carbons (Fsp3) is 0.222. The Morgan fingerprint density at radius 2 is 1.70 bits per heavy atom. The molecule has 2 N–H and O–H groups in total. The largest absolute Gasteiger partial charge is 0.480 e. The van der Waals surface area contributed by atoms with Crippen LogP contribution in [-0.4, -0.2) is 29.8 Å². The monoisotopic (exact) mass is 312 g/mol. The highest BCUT2D eigenvalue weighted by Crippen LogP contribution is 2.44. The molecule has 0 radical (unpaired) electrons. The molecule has 23 heavy (non-hydrogen) atoms. The summed E-state index contributed by atoms with van der Waals surface area (Å²) in [6.07, 6.45) is -0.920. The Morgan fingerprint density at radius 3 is 2.22 bits per heavy atom. The van der Waals surface area contributed by atoms with Crippen LogP contribution in [-0.2, 0) is 9.53 Å². The van der Waals surface area contributed by atoms with Gasteiger partial charge in [-0.1, -0.05) is 48.5 Å². The van der Waals surface area contributed by atoms with E-state index in [2.05, 4.69) is 0 Å². The number of hydrogen-bond acceptors (Lipinski definition) is 3. The normalized spacial score (nSPS) is 15.8. The van der Waals surface area contributed by atoms with Crippen molar-refractivity contribution in [1.29, 1.82) is 0 Å². The number of nitrogens with one attached hydrogen (secondary N) is 1. The lowest BCUT2D eigenvalue weighted by atomic mass is 9.98. The summed E-state index contributed by atoms with van der Waals surface area (Å²) in [4.78, 5) is 22.7. The first-order valence-corrected chi connectivity index (χ1v) is 7.26. The van der Waals surface area contributed by atoms with E-state index >= 15 is 0 Å². The second-order valence-corrected chi connectivity index (χ2v) is 5.38. The van der Waals surface area contributed by atoms with Gasteiger partial charge in [0.2, 0.25) is 0 Å². The van der Waals surface area contributed by atoms with Crippen LogP contribution in [0.2, 0.25) is 0 Å². The molecule has 2 aromatic carbocycles. The Kier molecular flexibility index (Phi) is 3.68. The SMILES string of the molecule is [2H]C(C)(NC(=O)OCC1c2ccccc2-c2ccccc21)C(=O)O. The number of aliphatic carboxylic acids is 1. The Balaban J connectivity index is 1.76. The molecule has 1 unspecified atom stereocenters. The van der Waals surface area contributed by atoms with E-state index in [4.69, 9.17) is 11.2 Å². The van der Waals surface area contributed by atoms with Gasteiger partial charge in [-0.2, -0.15) is 0 Å². The third-order valence-corrected chi connectivity index (χ3v) is 3.95. The third kappa shape index (κ3) is 2.90. The third-order valence-electron chi connectivity index (χ3n) is 3.95. The fourth-order valence-corrected chi connectivity index (χ4v) is 2.84. The van der Waals surface area contributed by atoms with Crippen LogP contribution in [0.25, 0.3) is 11.1 Å². The molecule has 0 aliphatic heterocycles. The highest BCUT2D eigenvalue weighted by atomic mass is 16.5. The average molecular weight is 312 g/mol. The zero-order chi connectivity index (χ0) is 17.3. The van der Waals surface area contributed by atoms with Crippen molar-refractivity contribution in [3.05, 3.63) is 59.7 Å². The standard InChI is InChI=1S/C18H17NO4/c1-11(17(20)21)19-18(22)23-10-16-14-8-4-2-6-12(14)13-7-3-5-9-15(13)16/h2-9,11,16H,10H2,1H3,(H,19,22)(H,20,21)/i11D. The smallest absolute Gasteiger partial charge is 0.407 e. The van der Waals surface area contributed by atoms with Crippen molar-refractivity contribution in [2.75, 3.05) is 6.61 Å². The van der Waals surface area contributed by atoms with Crippen LogP contribution in [0.4, 0.5) is 4.79 Å². The summed E-state index contributed by atoms with van der Waals surface area (Å²) >= 11 is 0. The summed E-state index contributed by atoms with van der Waals surface area (Å²) in [5.41, 5.74) is 4.35. The van der Waals surface area contributed by atoms with Gasteiger partial charge in [0, 0.05) is 5.92 Å². The molecule has 5 nitrogen and oxygen atoms in total. The van der Waals surface area contributed by atoms with Crippen molar-refractivity contribution < 1.29 is 20.8 Å². The van der Waals surface area contributed by atoms with Gasteiger partial charge < -0.3 is 15.2 Å². The Morgan fingerprint density at radius 1 is 1.17 bits per heavy atom. The van der Waals surface area contributed by atoms with E-state index < -0.39 is 18.1 Å². The van der Waals surface area contributed by atoms with E-state index in [-0.39, 0.29) is 12.5 Å². The van der Waals surface area contributed by atoms with Crippen LogP contribution in [0.1, 0.15) is 25.3 Å². The maximum Gasteiger partial charge on any atom is 0.407 e. The van der Waals surface area contributed by atoms with Crippen molar-refractivity contribution in [3.8, 4) is 11.1 Å². The topological polar surface area (TPSA) is 75.6 Å². The molecular formula is C18H17NO4. The van der Waals surface area contributed by atoms with Crippen molar-refractivity contribution in [1.82, 2.24) is 5.32 Å². The second-order valence-electron chi connectivity index (χ2n) is 5.38. The predicted molar refractivity (Wildman–Crippen MR) is 85.3 cm³/mol. The molecule has 3 rings (SSSR count). The molecule has 1 amide bonds. The number of carbonyl (C=O) groups excluding carboxylic acids is 1. The molecule has 0 aromatic heterocycles. The first kappa shape index (κ1) is 13.8. The van der Waals surface area contributed by atoms with Crippen LogP contribution in [0, 0.1) is 0 Å². The number of carbonyl (C=O) groups is 2. The summed E-state index contributed by atoms with van der Waals surface area (Å²) in [7, 11) is 0. The molecular weight excluding hydrogens is 294 g/mol. The van der Waals surface area contributed by atoms with Gasteiger partial charge in [0.05, 0.1) is 1.37 Å². The predicted octanol–water partition coefficient (Wildman–Crippen LogP) is 3.00. The number of amides is 1. The fourth-order valence-electron chi connectivity index (χ4n) is 2.84. The maximum absolute atomic E-state index is 11.8. The zero-order valence-corrected chi connectivity index (χ0v) is 12.6. The second kappa shape index (κ2) is 6.12. The number of fused-ring (bicyclic) bond motifs is 3. The van der Waals surface area contributed by atoms with Crippen molar-refractivity contribution >= 4 is 12.1 Å². The Hall–Kier alpha value is -2.82. The van der Waals surface area contributed by atoms with Gasteiger partial charge in [0.15, 0.2) is 0 Å². The van der Waals surface area contributed by atoms with Crippen LogP contribution in [0.15, 0.2) is 48.5 Å².